The molecule has 0 bridgehead atoms. The summed E-state index contributed by atoms with van der Waals surface area (Å²) in [5, 5.41) is 2.69. The maximum absolute atomic E-state index is 13.7. The Labute approximate surface area is 180 Å². The SMILES string of the molecule is CCOC(=O)C1=C2CN(C)CCN2C(c2nccs2)=NC1c1ccc(F)cc1Br. The minimum Gasteiger partial charge on any atom is -0.463 e. The number of amidine groups is 1. The van der Waals surface area contributed by atoms with E-state index in [4.69, 9.17) is 9.73 Å². The van der Waals surface area contributed by atoms with Crippen LogP contribution in [0.4, 0.5) is 4.39 Å². The Hall–Kier alpha value is -2.10. The van der Waals surface area contributed by atoms with Crippen LogP contribution in [0.15, 0.2) is 50.5 Å². The van der Waals surface area contributed by atoms with Crippen molar-refractivity contribution in [2.24, 2.45) is 4.99 Å². The summed E-state index contributed by atoms with van der Waals surface area (Å²) in [7, 11) is 2.02. The first-order chi connectivity index (χ1) is 14.0. The molecule has 1 aromatic carbocycles. The Bertz CT molecular complexity index is 992. The molecule has 152 valence electrons. The highest BCUT2D eigenvalue weighted by Crippen LogP contribution is 2.40. The fourth-order valence-electron chi connectivity index (χ4n) is 3.60. The molecule has 0 N–H and O–H groups in total. The Morgan fingerprint density at radius 2 is 2.24 bits per heavy atom. The second-order valence-electron chi connectivity index (χ2n) is 6.83. The third-order valence-electron chi connectivity index (χ3n) is 4.92. The molecule has 6 nitrogen and oxygen atoms in total. The van der Waals surface area contributed by atoms with Gasteiger partial charge in [0, 0.05) is 41.4 Å². The van der Waals surface area contributed by atoms with E-state index in [2.05, 4.69) is 30.7 Å². The van der Waals surface area contributed by atoms with E-state index >= 15 is 0 Å². The summed E-state index contributed by atoms with van der Waals surface area (Å²) >= 11 is 4.95. The van der Waals surface area contributed by atoms with Crippen LogP contribution in [0.2, 0.25) is 0 Å². The van der Waals surface area contributed by atoms with Crippen LogP contribution in [0.1, 0.15) is 23.5 Å². The van der Waals surface area contributed by atoms with Gasteiger partial charge in [-0.1, -0.05) is 22.0 Å². The summed E-state index contributed by atoms with van der Waals surface area (Å²) in [5.41, 5.74) is 2.06. The quantitative estimate of drug-likeness (QED) is 0.628. The number of esters is 1. The third-order valence-corrected chi connectivity index (χ3v) is 6.37. The molecule has 4 rings (SSSR count). The number of nitrogens with zero attached hydrogens (tertiary/aromatic N) is 4. The molecule has 9 heteroatoms. The predicted octanol–water partition coefficient (Wildman–Crippen LogP) is 3.61. The van der Waals surface area contributed by atoms with Crippen LogP contribution in [0.5, 0.6) is 0 Å². The molecule has 3 heterocycles. The van der Waals surface area contributed by atoms with Crippen molar-refractivity contribution in [2.75, 3.05) is 33.3 Å². The van der Waals surface area contributed by atoms with E-state index in [-0.39, 0.29) is 12.4 Å². The first-order valence-corrected chi connectivity index (χ1v) is 11.0. The average molecular weight is 479 g/mol. The number of fused-ring (bicyclic) bond motifs is 1. The zero-order valence-electron chi connectivity index (χ0n) is 16.1. The lowest BCUT2D eigenvalue weighted by Gasteiger charge is -2.41. The average Bonchev–Trinajstić information content (AvgIpc) is 3.21. The van der Waals surface area contributed by atoms with Crippen LogP contribution in [0.3, 0.4) is 0 Å². The topological polar surface area (TPSA) is 58.0 Å². The van der Waals surface area contributed by atoms with E-state index in [1.165, 1.54) is 23.5 Å². The van der Waals surface area contributed by atoms with Gasteiger partial charge < -0.3 is 9.64 Å². The van der Waals surface area contributed by atoms with Crippen molar-refractivity contribution in [3.05, 3.63) is 61.9 Å². The van der Waals surface area contributed by atoms with E-state index < -0.39 is 12.0 Å². The largest absolute Gasteiger partial charge is 0.463 e. The van der Waals surface area contributed by atoms with Gasteiger partial charge in [-0.25, -0.2) is 14.2 Å². The number of aromatic nitrogens is 1. The van der Waals surface area contributed by atoms with Crippen molar-refractivity contribution in [2.45, 2.75) is 13.0 Å². The number of thiazole rings is 1. The molecule has 1 fully saturated rings. The van der Waals surface area contributed by atoms with Crippen molar-refractivity contribution in [1.29, 1.82) is 0 Å². The lowest BCUT2D eigenvalue weighted by atomic mass is 9.93. The van der Waals surface area contributed by atoms with Crippen LogP contribution in [-0.4, -0.2) is 59.9 Å². The molecule has 1 aromatic heterocycles. The van der Waals surface area contributed by atoms with Crippen LogP contribution in [0.25, 0.3) is 0 Å². The number of hydrogen-bond acceptors (Lipinski definition) is 7. The molecule has 1 saturated heterocycles. The second kappa shape index (κ2) is 8.33. The Balaban J connectivity index is 1.92. The van der Waals surface area contributed by atoms with E-state index in [1.807, 2.05) is 12.4 Å². The van der Waals surface area contributed by atoms with Gasteiger partial charge in [0.1, 0.15) is 11.9 Å². The van der Waals surface area contributed by atoms with Gasteiger partial charge in [-0.15, -0.1) is 11.3 Å². The number of aliphatic imine (C=N–C) groups is 1. The molecule has 0 amide bonds. The van der Waals surface area contributed by atoms with Crippen LogP contribution < -0.4 is 0 Å². The fraction of sp³-hybridized carbons (Fsp3) is 0.350. The van der Waals surface area contributed by atoms with E-state index in [9.17, 15) is 9.18 Å². The summed E-state index contributed by atoms with van der Waals surface area (Å²) < 4.78 is 19.7. The predicted molar refractivity (Wildman–Crippen MR) is 113 cm³/mol. The van der Waals surface area contributed by atoms with Gasteiger partial charge in [0.05, 0.1) is 12.2 Å². The second-order valence-corrected chi connectivity index (χ2v) is 8.58. The van der Waals surface area contributed by atoms with Gasteiger partial charge in [0.15, 0.2) is 10.8 Å². The lowest BCUT2D eigenvalue weighted by molar-refractivity contribution is -0.139. The molecule has 0 spiro atoms. The van der Waals surface area contributed by atoms with Crippen molar-refractivity contribution >= 4 is 39.1 Å². The van der Waals surface area contributed by atoms with Crippen LogP contribution in [0, 0.1) is 5.82 Å². The molecule has 2 aliphatic rings. The highest BCUT2D eigenvalue weighted by molar-refractivity contribution is 9.10. The third kappa shape index (κ3) is 3.86. The van der Waals surface area contributed by atoms with Gasteiger partial charge in [-0.2, -0.15) is 0 Å². The normalized spacial score (nSPS) is 19.8. The summed E-state index contributed by atoms with van der Waals surface area (Å²) in [6.07, 6.45) is 1.74. The number of carbonyl (C=O) groups is 1. The maximum Gasteiger partial charge on any atom is 0.338 e. The number of benzene rings is 1. The number of carbonyl (C=O) groups excluding carboxylic acids is 1. The van der Waals surface area contributed by atoms with Gasteiger partial charge in [-0.05, 0) is 31.7 Å². The first kappa shape index (κ1) is 20.2. The Kier molecular flexibility index (Phi) is 5.80. The van der Waals surface area contributed by atoms with Crippen molar-refractivity contribution in [1.82, 2.24) is 14.8 Å². The van der Waals surface area contributed by atoms with E-state index in [1.54, 1.807) is 19.2 Å². The monoisotopic (exact) mass is 478 g/mol. The zero-order chi connectivity index (χ0) is 20.5. The minimum absolute atomic E-state index is 0.270. The molecule has 0 radical (unpaired) electrons. The zero-order valence-corrected chi connectivity index (χ0v) is 18.5. The number of likely N-dealkylation sites (N-methyl/N-ethyl adjacent to an activating group) is 1. The van der Waals surface area contributed by atoms with Gasteiger partial charge in [0.25, 0.3) is 0 Å². The molecule has 1 atom stereocenters. The highest BCUT2D eigenvalue weighted by atomic mass is 79.9. The van der Waals surface area contributed by atoms with Gasteiger partial charge in [-0.3, -0.25) is 9.89 Å². The van der Waals surface area contributed by atoms with E-state index in [0.717, 1.165) is 23.1 Å². The smallest absolute Gasteiger partial charge is 0.338 e. The molecule has 0 saturated carbocycles. The summed E-state index contributed by atoms with van der Waals surface area (Å²) in [6, 6.07) is 3.82. The molecule has 1 unspecified atom stereocenters. The summed E-state index contributed by atoms with van der Waals surface area (Å²) in [5.74, 6) is -0.0201. The molecule has 29 heavy (non-hydrogen) atoms. The first-order valence-electron chi connectivity index (χ1n) is 9.28. The number of hydrogen-bond donors (Lipinski definition) is 0. The Morgan fingerprint density at radius 3 is 2.93 bits per heavy atom. The highest BCUT2D eigenvalue weighted by Gasteiger charge is 2.39. The summed E-state index contributed by atoms with van der Waals surface area (Å²) in [6.45, 7) is 4.18. The number of halogens is 2. The fourth-order valence-corrected chi connectivity index (χ4v) is 4.80. The maximum atomic E-state index is 13.7. The lowest BCUT2D eigenvalue weighted by Crippen LogP contribution is -2.49. The van der Waals surface area contributed by atoms with Gasteiger partial charge >= 0.3 is 5.97 Å². The number of ether oxygens (including phenoxy) is 1. The van der Waals surface area contributed by atoms with Crippen molar-refractivity contribution in [3.63, 3.8) is 0 Å². The van der Waals surface area contributed by atoms with Crippen LogP contribution >= 0.6 is 27.3 Å². The summed E-state index contributed by atoms with van der Waals surface area (Å²) in [4.78, 5) is 26.6. The molecule has 2 aliphatic heterocycles. The van der Waals surface area contributed by atoms with Crippen molar-refractivity contribution in [3.8, 4) is 0 Å². The molecular weight excluding hydrogens is 459 g/mol. The molecule has 2 aromatic rings. The van der Waals surface area contributed by atoms with Crippen LogP contribution in [-0.2, 0) is 9.53 Å². The molecule has 0 aliphatic carbocycles. The number of rotatable bonds is 4. The van der Waals surface area contributed by atoms with E-state index in [0.29, 0.717) is 28.7 Å². The van der Waals surface area contributed by atoms with Gasteiger partial charge in [0.2, 0.25) is 0 Å². The Morgan fingerprint density at radius 1 is 1.41 bits per heavy atom. The minimum atomic E-state index is -0.610. The number of piperazine rings is 1. The van der Waals surface area contributed by atoms with Crippen molar-refractivity contribution < 1.29 is 13.9 Å². The standard InChI is InChI=1S/C20H20BrFN4O2S/c1-3-28-20(27)16-15-11-25(2)7-8-26(15)18(19-23-6-9-29-19)24-17(16)13-5-4-12(22)10-14(13)21/h4-6,9-10,17H,3,7-8,11H2,1-2H3. The molecular formula is C20H20BrFN4O2S.